The van der Waals surface area contributed by atoms with Gasteiger partial charge in [-0.3, -0.25) is 0 Å². The molecule has 0 radical (unpaired) electrons. The Labute approximate surface area is 143 Å². The molecule has 1 atom stereocenters. The minimum absolute atomic E-state index is 0.367. The molecule has 1 N–H and O–H groups in total. The summed E-state index contributed by atoms with van der Waals surface area (Å²) in [6.07, 6.45) is 2.70. The van der Waals surface area contributed by atoms with Crippen LogP contribution in [0.25, 0.3) is 0 Å². The SMILES string of the molecule is c1ccc(COc2ccccc2OCCNC[C@H]2CCCO2)cc1. The Balaban J connectivity index is 1.41. The fourth-order valence-corrected chi connectivity index (χ4v) is 2.73. The Kier molecular flexibility index (Phi) is 6.51. The molecular formula is C20H25NO3. The molecule has 3 rings (SSSR count). The van der Waals surface area contributed by atoms with Crippen LogP contribution >= 0.6 is 0 Å². The first kappa shape index (κ1) is 16.8. The number of hydrogen-bond acceptors (Lipinski definition) is 4. The van der Waals surface area contributed by atoms with E-state index >= 15 is 0 Å². The average Bonchev–Trinajstić information content (AvgIpc) is 3.15. The molecule has 0 saturated carbocycles. The summed E-state index contributed by atoms with van der Waals surface area (Å²) in [5, 5.41) is 3.38. The number of hydrogen-bond donors (Lipinski definition) is 1. The van der Waals surface area contributed by atoms with Crippen LogP contribution in [-0.4, -0.2) is 32.4 Å². The molecule has 2 aromatic rings. The number of nitrogens with one attached hydrogen (secondary N) is 1. The lowest BCUT2D eigenvalue weighted by molar-refractivity contribution is 0.109. The molecule has 0 bridgehead atoms. The largest absolute Gasteiger partial charge is 0.488 e. The van der Waals surface area contributed by atoms with Crippen molar-refractivity contribution in [1.82, 2.24) is 5.32 Å². The molecule has 0 aromatic heterocycles. The van der Waals surface area contributed by atoms with E-state index in [0.717, 1.165) is 43.2 Å². The Morgan fingerprint density at radius 1 is 0.958 bits per heavy atom. The Bertz CT molecular complexity index is 597. The fourth-order valence-electron chi connectivity index (χ4n) is 2.73. The number of benzene rings is 2. The van der Waals surface area contributed by atoms with Crippen LogP contribution < -0.4 is 14.8 Å². The Hall–Kier alpha value is -2.04. The van der Waals surface area contributed by atoms with Gasteiger partial charge in [0, 0.05) is 19.7 Å². The summed E-state index contributed by atoms with van der Waals surface area (Å²) < 4.78 is 17.3. The number of ether oxygens (including phenoxy) is 3. The van der Waals surface area contributed by atoms with Gasteiger partial charge in [0.2, 0.25) is 0 Å². The molecule has 1 heterocycles. The van der Waals surface area contributed by atoms with E-state index < -0.39 is 0 Å². The van der Waals surface area contributed by atoms with Crippen LogP contribution in [0.15, 0.2) is 54.6 Å². The molecule has 1 aliphatic rings. The lowest BCUT2D eigenvalue weighted by Crippen LogP contribution is -2.29. The molecule has 0 aliphatic carbocycles. The molecule has 0 spiro atoms. The molecule has 2 aromatic carbocycles. The smallest absolute Gasteiger partial charge is 0.161 e. The number of para-hydroxylation sites is 2. The van der Waals surface area contributed by atoms with Gasteiger partial charge in [0.05, 0.1) is 6.10 Å². The van der Waals surface area contributed by atoms with Gasteiger partial charge >= 0.3 is 0 Å². The van der Waals surface area contributed by atoms with Crippen molar-refractivity contribution in [3.63, 3.8) is 0 Å². The summed E-state index contributed by atoms with van der Waals surface area (Å²) in [5.41, 5.74) is 1.14. The predicted octanol–water partition coefficient (Wildman–Crippen LogP) is 3.41. The van der Waals surface area contributed by atoms with Crippen LogP contribution in [0.5, 0.6) is 11.5 Å². The van der Waals surface area contributed by atoms with Gasteiger partial charge < -0.3 is 19.5 Å². The summed E-state index contributed by atoms with van der Waals surface area (Å²) in [6, 6.07) is 18.0. The third-order valence-electron chi connectivity index (χ3n) is 4.02. The molecule has 1 aliphatic heterocycles. The lowest BCUT2D eigenvalue weighted by Gasteiger charge is -2.14. The van der Waals surface area contributed by atoms with Gasteiger partial charge in [-0.1, -0.05) is 42.5 Å². The maximum absolute atomic E-state index is 5.90. The van der Waals surface area contributed by atoms with Gasteiger partial charge in [-0.25, -0.2) is 0 Å². The zero-order valence-electron chi connectivity index (χ0n) is 13.9. The highest BCUT2D eigenvalue weighted by Crippen LogP contribution is 2.27. The maximum Gasteiger partial charge on any atom is 0.161 e. The zero-order valence-corrected chi connectivity index (χ0v) is 13.9. The second-order valence-electron chi connectivity index (χ2n) is 5.91. The van der Waals surface area contributed by atoms with Gasteiger partial charge in [0.1, 0.15) is 13.2 Å². The van der Waals surface area contributed by atoms with Crippen LogP contribution in [-0.2, 0) is 11.3 Å². The summed E-state index contributed by atoms with van der Waals surface area (Å²) in [5.74, 6) is 1.56. The highest BCUT2D eigenvalue weighted by molar-refractivity contribution is 5.39. The second kappa shape index (κ2) is 9.30. The Morgan fingerprint density at radius 2 is 1.71 bits per heavy atom. The standard InChI is InChI=1S/C20H25NO3/c1-2-7-17(8-3-1)16-24-20-11-5-4-10-19(20)23-14-12-21-15-18-9-6-13-22-18/h1-5,7-8,10-11,18,21H,6,9,12-16H2/t18-/m1/s1. The van der Waals surface area contributed by atoms with Crippen molar-refractivity contribution < 1.29 is 14.2 Å². The molecule has 4 heteroatoms. The molecular weight excluding hydrogens is 302 g/mol. The predicted molar refractivity (Wildman–Crippen MR) is 94.6 cm³/mol. The monoisotopic (exact) mass is 327 g/mol. The zero-order chi connectivity index (χ0) is 16.5. The molecule has 128 valence electrons. The molecule has 0 unspecified atom stereocenters. The van der Waals surface area contributed by atoms with Crippen LogP contribution in [0.3, 0.4) is 0 Å². The highest BCUT2D eigenvalue weighted by Gasteiger charge is 2.14. The first-order valence-electron chi connectivity index (χ1n) is 8.63. The highest BCUT2D eigenvalue weighted by atomic mass is 16.5. The van der Waals surface area contributed by atoms with Crippen molar-refractivity contribution in [2.75, 3.05) is 26.3 Å². The summed E-state index contributed by atoms with van der Waals surface area (Å²) in [7, 11) is 0. The van der Waals surface area contributed by atoms with E-state index in [1.807, 2.05) is 42.5 Å². The van der Waals surface area contributed by atoms with Crippen LogP contribution in [0.2, 0.25) is 0 Å². The number of rotatable bonds is 9. The van der Waals surface area contributed by atoms with E-state index in [4.69, 9.17) is 14.2 Å². The average molecular weight is 327 g/mol. The van der Waals surface area contributed by atoms with Gasteiger partial charge in [0.15, 0.2) is 11.5 Å². The summed E-state index contributed by atoms with van der Waals surface area (Å²) in [6.45, 7) is 3.74. The van der Waals surface area contributed by atoms with E-state index in [-0.39, 0.29) is 0 Å². The third-order valence-corrected chi connectivity index (χ3v) is 4.02. The van der Waals surface area contributed by atoms with Gasteiger partial charge in [-0.15, -0.1) is 0 Å². The van der Waals surface area contributed by atoms with Crippen LogP contribution in [0.1, 0.15) is 18.4 Å². The molecule has 4 nitrogen and oxygen atoms in total. The third kappa shape index (κ3) is 5.25. The van der Waals surface area contributed by atoms with Gasteiger partial charge in [0.25, 0.3) is 0 Å². The normalized spacial score (nSPS) is 16.9. The van der Waals surface area contributed by atoms with Crippen molar-refractivity contribution in [1.29, 1.82) is 0 Å². The van der Waals surface area contributed by atoms with Crippen LogP contribution in [0, 0.1) is 0 Å². The minimum Gasteiger partial charge on any atom is -0.488 e. The van der Waals surface area contributed by atoms with Crippen molar-refractivity contribution in [2.45, 2.75) is 25.6 Å². The van der Waals surface area contributed by atoms with Gasteiger partial charge in [-0.05, 0) is 30.5 Å². The van der Waals surface area contributed by atoms with Crippen molar-refractivity contribution in [2.24, 2.45) is 0 Å². The van der Waals surface area contributed by atoms with E-state index in [1.54, 1.807) is 0 Å². The van der Waals surface area contributed by atoms with Crippen molar-refractivity contribution in [3.05, 3.63) is 60.2 Å². The first-order chi connectivity index (χ1) is 11.9. The molecule has 1 saturated heterocycles. The minimum atomic E-state index is 0.367. The van der Waals surface area contributed by atoms with Crippen molar-refractivity contribution in [3.8, 4) is 11.5 Å². The van der Waals surface area contributed by atoms with Crippen molar-refractivity contribution >= 4 is 0 Å². The van der Waals surface area contributed by atoms with E-state index in [9.17, 15) is 0 Å². The quantitative estimate of drug-likeness (QED) is 0.717. The van der Waals surface area contributed by atoms with E-state index in [2.05, 4.69) is 17.4 Å². The first-order valence-corrected chi connectivity index (χ1v) is 8.63. The van der Waals surface area contributed by atoms with E-state index in [1.165, 1.54) is 6.42 Å². The van der Waals surface area contributed by atoms with Crippen LogP contribution in [0.4, 0.5) is 0 Å². The lowest BCUT2D eigenvalue weighted by atomic mass is 10.2. The van der Waals surface area contributed by atoms with Gasteiger partial charge in [-0.2, -0.15) is 0 Å². The molecule has 1 fully saturated rings. The van der Waals surface area contributed by atoms with E-state index in [0.29, 0.717) is 19.3 Å². The Morgan fingerprint density at radius 3 is 2.46 bits per heavy atom. The topological polar surface area (TPSA) is 39.7 Å². The maximum atomic E-state index is 5.90. The second-order valence-corrected chi connectivity index (χ2v) is 5.91. The molecule has 24 heavy (non-hydrogen) atoms. The fraction of sp³-hybridized carbons (Fsp3) is 0.400. The summed E-state index contributed by atoms with van der Waals surface area (Å²) in [4.78, 5) is 0. The molecule has 0 amide bonds. The summed E-state index contributed by atoms with van der Waals surface area (Å²) >= 11 is 0.